The van der Waals surface area contributed by atoms with Gasteiger partial charge in [-0.1, -0.05) is 6.07 Å². The van der Waals surface area contributed by atoms with Gasteiger partial charge in [0.1, 0.15) is 0 Å². The van der Waals surface area contributed by atoms with Crippen LogP contribution in [0.15, 0.2) is 24.4 Å². The molecule has 74 valence electrons. The van der Waals surface area contributed by atoms with Crippen LogP contribution in [0.5, 0.6) is 0 Å². The van der Waals surface area contributed by atoms with Crippen LogP contribution in [0.1, 0.15) is 11.1 Å². The van der Waals surface area contributed by atoms with E-state index in [4.69, 9.17) is 5.90 Å². The van der Waals surface area contributed by atoms with Gasteiger partial charge in [-0.3, -0.25) is 0 Å². The average Bonchev–Trinajstić information content (AvgIpc) is 2.57. The van der Waals surface area contributed by atoms with Gasteiger partial charge in [0.05, 0.1) is 6.61 Å². The van der Waals surface area contributed by atoms with Crippen LogP contribution in [-0.4, -0.2) is 11.6 Å². The van der Waals surface area contributed by atoms with Crippen molar-refractivity contribution in [2.24, 2.45) is 5.90 Å². The minimum absolute atomic E-state index is 0.564. The first kappa shape index (κ1) is 9.24. The zero-order valence-electron chi connectivity index (χ0n) is 8.21. The Balaban J connectivity index is 2.34. The number of nitrogens with two attached hydrogens (primary N) is 1. The van der Waals surface area contributed by atoms with Crippen molar-refractivity contribution in [1.29, 1.82) is 0 Å². The van der Waals surface area contributed by atoms with E-state index in [1.807, 2.05) is 6.20 Å². The van der Waals surface area contributed by atoms with Crippen LogP contribution in [-0.2, 0) is 11.3 Å². The topological polar surface area (TPSA) is 51.0 Å². The van der Waals surface area contributed by atoms with E-state index in [1.54, 1.807) is 0 Å². The summed E-state index contributed by atoms with van der Waals surface area (Å²) in [4.78, 5) is 7.78. The van der Waals surface area contributed by atoms with Crippen molar-refractivity contribution >= 4 is 10.9 Å². The Kier molecular flexibility index (Phi) is 2.52. The predicted octanol–water partition coefficient (Wildman–Crippen LogP) is 1.91. The maximum atomic E-state index is 4.99. The van der Waals surface area contributed by atoms with Crippen LogP contribution >= 0.6 is 0 Å². The largest absolute Gasteiger partial charge is 0.361 e. The second kappa shape index (κ2) is 3.82. The van der Waals surface area contributed by atoms with Gasteiger partial charge in [0.15, 0.2) is 0 Å². The molecule has 0 amide bonds. The highest BCUT2D eigenvalue weighted by atomic mass is 16.6. The lowest BCUT2D eigenvalue weighted by atomic mass is 10.1. The molecular weight excluding hydrogens is 176 g/mol. The molecule has 3 heteroatoms. The van der Waals surface area contributed by atoms with E-state index in [0.29, 0.717) is 6.61 Å². The zero-order valence-corrected chi connectivity index (χ0v) is 8.21. The zero-order chi connectivity index (χ0) is 9.97. The number of aryl methyl sites for hydroxylation is 1. The summed E-state index contributed by atoms with van der Waals surface area (Å²) >= 11 is 0. The Hall–Kier alpha value is -1.32. The lowest BCUT2D eigenvalue weighted by Gasteiger charge is -2.00. The van der Waals surface area contributed by atoms with Crippen LogP contribution in [0.2, 0.25) is 0 Å². The fourth-order valence-corrected chi connectivity index (χ4v) is 1.64. The molecule has 3 N–H and O–H groups in total. The lowest BCUT2D eigenvalue weighted by Crippen LogP contribution is -2.03. The Morgan fingerprint density at radius 2 is 2.29 bits per heavy atom. The molecule has 2 aromatic rings. The van der Waals surface area contributed by atoms with Crippen LogP contribution in [0.25, 0.3) is 10.9 Å². The van der Waals surface area contributed by atoms with Crippen LogP contribution in [0.3, 0.4) is 0 Å². The van der Waals surface area contributed by atoms with E-state index < -0.39 is 0 Å². The van der Waals surface area contributed by atoms with E-state index in [2.05, 4.69) is 34.9 Å². The smallest absolute Gasteiger partial charge is 0.0719 e. The summed E-state index contributed by atoms with van der Waals surface area (Å²) in [6.45, 7) is 2.66. The van der Waals surface area contributed by atoms with Gasteiger partial charge in [0.25, 0.3) is 0 Å². The normalized spacial score (nSPS) is 11.0. The second-order valence-corrected chi connectivity index (χ2v) is 3.47. The quantitative estimate of drug-likeness (QED) is 0.726. The minimum atomic E-state index is 0.564. The summed E-state index contributed by atoms with van der Waals surface area (Å²) < 4.78 is 0. The first-order valence-electron chi connectivity index (χ1n) is 4.69. The minimum Gasteiger partial charge on any atom is -0.361 e. The van der Waals surface area contributed by atoms with Gasteiger partial charge in [-0.2, -0.15) is 0 Å². The SMILES string of the molecule is Cc1c[nH]c2ccc(CCON)cc12. The Labute approximate surface area is 82.8 Å². The number of hydrogen-bond acceptors (Lipinski definition) is 2. The van der Waals surface area contributed by atoms with E-state index in [9.17, 15) is 0 Å². The molecule has 14 heavy (non-hydrogen) atoms. The predicted molar refractivity (Wildman–Crippen MR) is 56.9 cm³/mol. The molecule has 1 aromatic heterocycles. The van der Waals surface area contributed by atoms with E-state index in [0.717, 1.165) is 6.42 Å². The molecule has 0 saturated heterocycles. The van der Waals surface area contributed by atoms with Crippen molar-refractivity contribution in [3.8, 4) is 0 Å². The average molecular weight is 190 g/mol. The molecule has 0 bridgehead atoms. The van der Waals surface area contributed by atoms with Gasteiger partial charge in [0, 0.05) is 17.1 Å². The molecule has 0 fully saturated rings. The van der Waals surface area contributed by atoms with Gasteiger partial charge in [0.2, 0.25) is 0 Å². The maximum Gasteiger partial charge on any atom is 0.0719 e. The molecule has 3 nitrogen and oxygen atoms in total. The highest BCUT2D eigenvalue weighted by molar-refractivity contribution is 5.83. The molecule has 0 atom stereocenters. The lowest BCUT2D eigenvalue weighted by molar-refractivity contribution is 0.141. The van der Waals surface area contributed by atoms with E-state index >= 15 is 0 Å². The summed E-state index contributed by atoms with van der Waals surface area (Å²) in [5.41, 5.74) is 3.71. The van der Waals surface area contributed by atoms with Crippen LogP contribution in [0, 0.1) is 6.92 Å². The van der Waals surface area contributed by atoms with E-state index in [-0.39, 0.29) is 0 Å². The summed E-state index contributed by atoms with van der Waals surface area (Å²) in [6.07, 6.45) is 2.88. The number of hydrogen-bond donors (Lipinski definition) is 2. The number of nitrogens with one attached hydrogen (secondary N) is 1. The first-order valence-corrected chi connectivity index (χ1v) is 4.69. The highest BCUT2D eigenvalue weighted by Gasteiger charge is 2.00. The molecule has 1 aromatic carbocycles. The molecular formula is C11H14N2O. The third kappa shape index (κ3) is 1.64. The van der Waals surface area contributed by atoms with Crippen molar-refractivity contribution in [2.45, 2.75) is 13.3 Å². The van der Waals surface area contributed by atoms with Crippen LogP contribution in [0.4, 0.5) is 0 Å². The number of rotatable bonds is 3. The van der Waals surface area contributed by atoms with Gasteiger partial charge < -0.3 is 9.82 Å². The number of H-pyrrole nitrogens is 1. The summed E-state index contributed by atoms with van der Waals surface area (Å²) in [5.74, 6) is 4.99. The molecule has 0 spiro atoms. The Morgan fingerprint density at radius 3 is 3.07 bits per heavy atom. The van der Waals surface area contributed by atoms with Gasteiger partial charge in [-0.05, 0) is 36.6 Å². The number of aromatic amines is 1. The standard InChI is InChI=1S/C11H14N2O/c1-8-7-13-11-3-2-9(4-5-14-12)6-10(8)11/h2-3,6-7,13H,4-5,12H2,1H3. The highest BCUT2D eigenvalue weighted by Crippen LogP contribution is 2.19. The number of benzene rings is 1. The molecule has 0 saturated carbocycles. The van der Waals surface area contributed by atoms with Crippen molar-refractivity contribution in [3.63, 3.8) is 0 Å². The van der Waals surface area contributed by atoms with Crippen molar-refractivity contribution < 1.29 is 4.84 Å². The number of fused-ring (bicyclic) bond motifs is 1. The van der Waals surface area contributed by atoms with E-state index in [1.165, 1.54) is 22.0 Å². The van der Waals surface area contributed by atoms with Crippen molar-refractivity contribution in [3.05, 3.63) is 35.5 Å². The number of aromatic nitrogens is 1. The molecule has 0 aliphatic rings. The molecule has 0 radical (unpaired) electrons. The van der Waals surface area contributed by atoms with Gasteiger partial charge in [-0.15, -0.1) is 0 Å². The third-order valence-corrected chi connectivity index (χ3v) is 2.46. The summed E-state index contributed by atoms with van der Waals surface area (Å²) in [5, 5.41) is 1.28. The molecule has 1 heterocycles. The molecule has 0 aliphatic heterocycles. The van der Waals surface area contributed by atoms with Gasteiger partial charge >= 0.3 is 0 Å². The molecule has 0 aliphatic carbocycles. The second-order valence-electron chi connectivity index (χ2n) is 3.47. The van der Waals surface area contributed by atoms with Crippen molar-refractivity contribution in [2.75, 3.05) is 6.61 Å². The Bertz CT molecular complexity index is 434. The first-order chi connectivity index (χ1) is 6.81. The molecule has 0 unspecified atom stereocenters. The monoisotopic (exact) mass is 190 g/mol. The van der Waals surface area contributed by atoms with Crippen LogP contribution < -0.4 is 5.90 Å². The third-order valence-electron chi connectivity index (χ3n) is 2.46. The fraction of sp³-hybridized carbons (Fsp3) is 0.273. The molecule has 2 rings (SSSR count). The fourth-order valence-electron chi connectivity index (χ4n) is 1.64. The maximum absolute atomic E-state index is 4.99. The summed E-state index contributed by atoms with van der Waals surface area (Å²) in [7, 11) is 0. The Morgan fingerprint density at radius 1 is 1.43 bits per heavy atom. The van der Waals surface area contributed by atoms with Gasteiger partial charge in [-0.25, -0.2) is 5.90 Å². The van der Waals surface area contributed by atoms with Crippen molar-refractivity contribution in [1.82, 2.24) is 4.98 Å². The summed E-state index contributed by atoms with van der Waals surface area (Å²) in [6, 6.07) is 6.37.